The van der Waals surface area contributed by atoms with Gasteiger partial charge in [0.25, 0.3) is 5.92 Å². The van der Waals surface area contributed by atoms with Crippen LogP contribution < -0.4 is 10.6 Å². The van der Waals surface area contributed by atoms with Gasteiger partial charge in [-0.1, -0.05) is 0 Å². The fraction of sp³-hybridized carbons (Fsp3) is 0.545. The Morgan fingerprint density at radius 1 is 1.53 bits per heavy atom. The van der Waals surface area contributed by atoms with E-state index in [1.807, 2.05) is 0 Å². The molecule has 1 aromatic rings. The highest BCUT2D eigenvalue weighted by molar-refractivity contribution is 5.42. The molecule has 94 valence electrons. The van der Waals surface area contributed by atoms with Gasteiger partial charge in [0.05, 0.1) is 18.4 Å². The summed E-state index contributed by atoms with van der Waals surface area (Å²) >= 11 is 0. The van der Waals surface area contributed by atoms with Gasteiger partial charge in [-0.3, -0.25) is 4.98 Å². The van der Waals surface area contributed by atoms with Crippen LogP contribution in [0.3, 0.4) is 0 Å². The number of aromatic nitrogens is 1. The topological polar surface area (TPSA) is 37.0 Å². The quantitative estimate of drug-likeness (QED) is 0.853. The van der Waals surface area contributed by atoms with Crippen LogP contribution in [0.5, 0.6) is 0 Å². The fourth-order valence-corrected chi connectivity index (χ4v) is 1.89. The third-order valence-corrected chi connectivity index (χ3v) is 2.94. The van der Waals surface area contributed by atoms with Crippen molar-refractivity contribution >= 4 is 5.69 Å². The Morgan fingerprint density at radius 3 is 3.06 bits per heavy atom. The monoisotopic (exact) mass is 245 g/mol. The van der Waals surface area contributed by atoms with Crippen molar-refractivity contribution in [3.8, 4) is 0 Å². The zero-order chi connectivity index (χ0) is 12.3. The molecular formula is C11H14F3N3. The molecule has 1 aromatic heterocycles. The van der Waals surface area contributed by atoms with Gasteiger partial charge in [0, 0.05) is 18.7 Å². The molecule has 2 rings (SSSR count). The molecule has 17 heavy (non-hydrogen) atoms. The van der Waals surface area contributed by atoms with E-state index < -0.39 is 17.7 Å². The number of halogens is 3. The zero-order valence-corrected chi connectivity index (χ0v) is 9.22. The fourth-order valence-electron chi connectivity index (χ4n) is 1.89. The lowest BCUT2D eigenvalue weighted by atomic mass is 9.94. The van der Waals surface area contributed by atoms with Crippen molar-refractivity contribution in [2.45, 2.75) is 12.3 Å². The maximum Gasteiger partial charge on any atom is 0.264 e. The summed E-state index contributed by atoms with van der Waals surface area (Å²) < 4.78 is 40.1. The molecule has 0 aliphatic carbocycles. The van der Waals surface area contributed by atoms with Crippen molar-refractivity contribution in [3.63, 3.8) is 0 Å². The van der Waals surface area contributed by atoms with E-state index in [4.69, 9.17) is 0 Å². The number of pyridine rings is 1. The van der Waals surface area contributed by atoms with Crippen LogP contribution in [0.25, 0.3) is 0 Å². The SMILES string of the molecule is Fc1cnccc1NC[C@H]1CCNCC1(F)F. The van der Waals surface area contributed by atoms with Crippen LogP contribution in [0.15, 0.2) is 18.5 Å². The van der Waals surface area contributed by atoms with Crippen LogP contribution in [-0.2, 0) is 0 Å². The summed E-state index contributed by atoms with van der Waals surface area (Å²) in [6, 6.07) is 1.44. The Kier molecular flexibility index (Phi) is 3.51. The number of alkyl halides is 2. The van der Waals surface area contributed by atoms with Gasteiger partial charge >= 0.3 is 0 Å². The number of hydrogen-bond acceptors (Lipinski definition) is 3. The summed E-state index contributed by atoms with van der Waals surface area (Å²) in [4.78, 5) is 3.60. The van der Waals surface area contributed by atoms with Gasteiger partial charge < -0.3 is 10.6 Å². The molecule has 0 unspecified atom stereocenters. The molecular weight excluding hydrogens is 231 g/mol. The standard InChI is InChI=1S/C11H14F3N3/c12-9-6-15-4-2-10(9)17-5-8-1-3-16-7-11(8,13)14/h2,4,6,8,16H,1,3,5,7H2,(H,15,17)/t8-/m1/s1. The molecule has 1 aliphatic rings. The van der Waals surface area contributed by atoms with E-state index in [0.717, 1.165) is 6.20 Å². The Bertz CT molecular complexity index is 384. The lowest BCUT2D eigenvalue weighted by molar-refractivity contribution is -0.0678. The predicted molar refractivity (Wildman–Crippen MR) is 58.6 cm³/mol. The summed E-state index contributed by atoms with van der Waals surface area (Å²) in [6.07, 6.45) is 2.86. The average Bonchev–Trinajstić information content (AvgIpc) is 2.29. The molecule has 1 aliphatic heterocycles. The molecule has 6 heteroatoms. The van der Waals surface area contributed by atoms with Gasteiger partial charge in [-0.25, -0.2) is 13.2 Å². The molecule has 0 bridgehead atoms. The van der Waals surface area contributed by atoms with Crippen molar-refractivity contribution in [1.82, 2.24) is 10.3 Å². The minimum atomic E-state index is -2.74. The van der Waals surface area contributed by atoms with Crippen molar-refractivity contribution < 1.29 is 13.2 Å². The van der Waals surface area contributed by atoms with E-state index in [9.17, 15) is 13.2 Å². The summed E-state index contributed by atoms with van der Waals surface area (Å²) in [5.74, 6) is -4.03. The number of rotatable bonds is 3. The maximum atomic E-state index is 13.5. The van der Waals surface area contributed by atoms with Gasteiger partial charge in [-0.05, 0) is 19.0 Å². The molecule has 1 saturated heterocycles. The smallest absolute Gasteiger partial charge is 0.264 e. The van der Waals surface area contributed by atoms with E-state index in [0.29, 0.717) is 13.0 Å². The van der Waals surface area contributed by atoms with E-state index in [1.54, 1.807) is 0 Å². The number of hydrogen-bond donors (Lipinski definition) is 2. The van der Waals surface area contributed by atoms with Crippen LogP contribution in [0.2, 0.25) is 0 Å². The van der Waals surface area contributed by atoms with E-state index >= 15 is 0 Å². The first-order valence-corrected chi connectivity index (χ1v) is 5.51. The van der Waals surface area contributed by atoms with Gasteiger partial charge in [-0.2, -0.15) is 0 Å². The van der Waals surface area contributed by atoms with E-state index in [2.05, 4.69) is 15.6 Å². The second kappa shape index (κ2) is 4.91. The zero-order valence-electron chi connectivity index (χ0n) is 9.22. The van der Waals surface area contributed by atoms with E-state index in [1.165, 1.54) is 12.3 Å². The highest BCUT2D eigenvalue weighted by Gasteiger charge is 2.41. The molecule has 2 N–H and O–H groups in total. The number of nitrogens with one attached hydrogen (secondary N) is 2. The lowest BCUT2D eigenvalue weighted by Crippen LogP contribution is -2.48. The largest absolute Gasteiger partial charge is 0.382 e. The van der Waals surface area contributed by atoms with Crippen LogP contribution in [0.4, 0.5) is 18.9 Å². The Morgan fingerprint density at radius 2 is 2.35 bits per heavy atom. The first-order chi connectivity index (χ1) is 8.09. The normalized spacial score (nSPS) is 23.4. The predicted octanol–water partition coefficient (Wildman–Crippen LogP) is 1.88. The highest BCUT2D eigenvalue weighted by atomic mass is 19.3. The molecule has 0 amide bonds. The van der Waals surface area contributed by atoms with Crippen molar-refractivity contribution in [1.29, 1.82) is 0 Å². The molecule has 0 spiro atoms. The van der Waals surface area contributed by atoms with Gasteiger partial charge in [0.15, 0.2) is 5.82 Å². The third-order valence-electron chi connectivity index (χ3n) is 2.94. The minimum absolute atomic E-state index is 0.0651. The number of anilines is 1. The first kappa shape index (κ1) is 12.2. The molecule has 0 aromatic carbocycles. The molecule has 1 fully saturated rings. The molecule has 0 saturated carbocycles. The van der Waals surface area contributed by atoms with Crippen LogP contribution >= 0.6 is 0 Å². The molecule has 3 nitrogen and oxygen atoms in total. The highest BCUT2D eigenvalue weighted by Crippen LogP contribution is 2.29. The Hall–Kier alpha value is -1.30. The second-order valence-corrected chi connectivity index (χ2v) is 4.16. The van der Waals surface area contributed by atoms with Crippen LogP contribution in [0, 0.1) is 11.7 Å². The van der Waals surface area contributed by atoms with Crippen molar-refractivity contribution in [3.05, 3.63) is 24.3 Å². The molecule has 1 atom stereocenters. The molecule has 2 heterocycles. The summed E-state index contributed by atoms with van der Waals surface area (Å²) in [5, 5.41) is 5.37. The number of nitrogens with zero attached hydrogens (tertiary/aromatic N) is 1. The van der Waals surface area contributed by atoms with Crippen LogP contribution in [-0.4, -0.2) is 30.5 Å². The number of piperidine rings is 1. The van der Waals surface area contributed by atoms with Gasteiger partial charge in [0.1, 0.15) is 0 Å². The summed E-state index contributed by atoms with van der Waals surface area (Å²) in [6.45, 7) is 0.328. The Balaban J connectivity index is 1.96. The third kappa shape index (κ3) is 2.88. The van der Waals surface area contributed by atoms with Gasteiger partial charge in [-0.15, -0.1) is 0 Å². The van der Waals surface area contributed by atoms with Crippen LogP contribution in [0.1, 0.15) is 6.42 Å². The van der Waals surface area contributed by atoms with Crippen molar-refractivity contribution in [2.75, 3.05) is 25.0 Å². The average molecular weight is 245 g/mol. The Labute approximate surface area is 97.4 Å². The van der Waals surface area contributed by atoms with E-state index in [-0.39, 0.29) is 18.8 Å². The van der Waals surface area contributed by atoms with Gasteiger partial charge in [0.2, 0.25) is 0 Å². The first-order valence-electron chi connectivity index (χ1n) is 5.51. The molecule has 0 radical (unpaired) electrons. The second-order valence-electron chi connectivity index (χ2n) is 4.16. The maximum absolute atomic E-state index is 13.5. The summed E-state index contributed by atoms with van der Waals surface area (Å²) in [5.41, 5.74) is 0.217. The minimum Gasteiger partial charge on any atom is -0.382 e. The lowest BCUT2D eigenvalue weighted by Gasteiger charge is -2.32. The van der Waals surface area contributed by atoms with Crippen molar-refractivity contribution in [2.24, 2.45) is 5.92 Å². The summed E-state index contributed by atoms with van der Waals surface area (Å²) in [7, 11) is 0.